The van der Waals surface area contributed by atoms with Gasteiger partial charge in [-0.1, -0.05) is 24.9 Å². The number of thiophene rings is 1. The summed E-state index contributed by atoms with van der Waals surface area (Å²) in [5.41, 5.74) is -0.605. The van der Waals surface area contributed by atoms with Crippen LogP contribution in [-0.4, -0.2) is 23.4 Å². The van der Waals surface area contributed by atoms with Gasteiger partial charge in [0.15, 0.2) is 0 Å². The highest BCUT2D eigenvalue weighted by Gasteiger charge is 2.35. The van der Waals surface area contributed by atoms with Crippen molar-refractivity contribution in [2.75, 3.05) is 6.61 Å². The van der Waals surface area contributed by atoms with E-state index in [0.717, 1.165) is 34.9 Å². The molecule has 0 aliphatic carbocycles. The predicted molar refractivity (Wildman–Crippen MR) is 71.9 cm³/mol. The molecule has 0 saturated carbocycles. The van der Waals surface area contributed by atoms with E-state index >= 15 is 0 Å². The van der Waals surface area contributed by atoms with E-state index < -0.39 is 5.60 Å². The highest BCUT2D eigenvalue weighted by atomic mass is 35.5. The van der Waals surface area contributed by atoms with Crippen LogP contribution in [0, 0.1) is 0 Å². The minimum absolute atomic E-state index is 0.217. The summed E-state index contributed by atoms with van der Waals surface area (Å²) in [5.74, 6) is 0. The van der Waals surface area contributed by atoms with E-state index in [1.54, 1.807) is 11.3 Å². The van der Waals surface area contributed by atoms with Gasteiger partial charge >= 0.3 is 0 Å². The molecular formula is C13H19ClO2S. The Morgan fingerprint density at radius 3 is 3.06 bits per heavy atom. The van der Waals surface area contributed by atoms with Crippen molar-refractivity contribution < 1.29 is 9.84 Å². The van der Waals surface area contributed by atoms with E-state index in [9.17, 15) is 5.11 Å². The SMILES string of the molecule is CCCC1CC(O)(Cc2ccc(Cl)s2)CCO1. The van der Waals surface area contributed by atoms with Crippen LogP contribution in [-0.2, 0) is 11.2 Å². The van der Waals surface area contributed by atoms with Gasteiger partial charge in [0.05, 0.1) is 16.0 Å². The molecule has 2 nitrogen and oxygen atoms in total. The van der Waals surface area contributed by atoms with E-state index in [4.69, 9.17) is 16.3 Å². The van der Waals surface area contributed by atoms with E-state index in [1.807, 2.05) is 12.1 Å². The van der Waals surface area contributed by atoms with E-state index in [1.165, 1.54) is 0 Å². The average Bonchev–Trinajstić information content (AvgIpc) is 2.63. The van der Waals surface area contributed by atoms with Gasteiger partial charge in [0.25, 0.3) is 0 Å². The number of hydrogen-bond donors (Lipinski definition) is 1. The van der Waals surface area contributed by atoms with Crippen molar-refractivity contribution >= 4 is 22.9 Å². The smallest absolute Gasteiger partial charge is 0.0931 e. The van der Waals surface area contributed by atoms with Crippen molar-refractivity contribution in [3.05, 3.63) is 21.3 Å². The Balaban J connectivity index is 1.97. The van der Waals surface area contributed by atoms with Crippen molar-refractivity contribution in [2.45, 2.75) is 50.7 Å². The van der Waals surface area contributed by atoms with Crippen LogP contribution in [0.2, 0.25) is 4.34 Å². The number of rotatable bonds is 4. The molecule has 2 rings (SSSR count). The summed E-state index contributed by atoms with van der Waals surface area (Å²) in [7, 11) is 0. The highest BCUT2D eigenvalue weighted by molar-refractivity contribution is 7.16. The van der Waals surface area contributed by atoms with Crippen LogP contribution >= 0.6 is 22.9 Å². The van der Waals surface area contributed by atoms with Gasteiger partial charge in [0.2, 0.25) is 0 Å². The molecule has 96 valence electrons. The summed E-state index contributed by atoms with van der Waals surface area (Å²) in [6.07, 6.45) is 4.53. The van der Waals surface area contributed by atoms with Gasteiger partial charge in [-0.2, -0.15) is 0 Å². The van der Waals surface area contributed by atoms with Crippen molar-refractivity contribution in [3.8, 4) is 0 Å². The zero-order valence-electron chi connectivity index (χ0n) is 10.1. The van der Waals surface area contributed by atoms with Crippen LogP contribution in [0.1, 0.15) is 37.5 Å². The molecule has 1 aliphatic rings. The molecule has 17 heavy (non-hydrogen) atoms. The molecule has 2 unspecified atom stereocenters. The molecule has 0 radical (unpaired) electrons. The van der Waals surface area contributed by atoms with Crippen molar-refractivity contribution in [2.24, 2.45) is 0 Å². The van der Waals surface area contributed by atoms with Crippen LogP contribution < -0.4 is 0 Å². The maximum Gasteiger partial charge on any atom is 0.0931 e. The molecule has 1 fully saturated rings. The molecule has 1 N–H and O–H groups in total. The molecule has 1 aromatic heterocycles. The Kier molecular flexibility index (Phi) is 4.47. The van der Waals surface area contributed by atoms with Crippen LogP contribution in [0.5, 0.6) is 0 Å². The Morgan fingerprint density at radius 2 is 2.41 bits per heavy atom. The molecule has 0 amide bonds. The van der Waals surface area contributed by atoms with Crippen molar-refractivity contribution in [1.29, 1.82) is 0 Å². The lowest BCUT2D eigenvalue weighted by Crippen LogP contribution is -2.42. The quantitative estimate of drug-likeness (QED) is 0.908. The van der Waals surface area contributed by atoms with Crippen LogP contribution in [0.4, 0.5) is 0 Å². The maximum absolute atomic E-state index is 10.6. The molecule has 1 saturated heterocycles. The first kappa shape index (κ1) is 13.3. The molecule has 0 aromatic carbocycles. The van der Waals surface area contributed by atoms with Crippen LogP contribution in [0.3, 0.4) is 0 Å². The first-order chi connectivity index (χ1) is 8.11. The summed E-state index contributed by atoms with van der Waals surface area (Å²) in [6.45, 7) is 2.82. The van der Waals surface area contributed by atoms with Gasteiger partial charge < -0.3 is 9.84 Å². The summed E-state index contributed by atoms with van der Waals surface area (Å²) in [5, 5.41) is 10.6. The van der Waals surface area contributed by atoms with Gasteiger partial charge in [-0.15, -0.1) is 11.3 Å². The Morgan fingerprint density at radius 1 is 1.59 bits per heavy atom. The molecule has 4 heteroatoms. The summed E-state index contributed by atoms with van der Waals surface area (Å²) in [4.78, 5) is 1.16. The summed E-state index contributed by atoms with van der Waals surface area (Å²) < 4.78 is 6.47. The van der Waals surface area contributed by atoms with E-state index in [2.05, 4.69) is 6.92 Å². The van der Waals surface area contributed by atoms with Crippen molar-refractivity contribution in [1.82, 2.24) is 0 Å². The monoisotopic (exact) mass is 274 g/mol. The zero-order valence-corrected chi connectivity index (χ0v) is 11.7. The van der Waals surface area contributed by atoms with E-state index in [0.29, 0.717) is 13.0 Å². The third-order valence-electron chi connectivity index (χ3n) is 3.27. The third kappa shape index (κ3) is 3.68. The highest BCUT2D eigenvalue weighted by Crippen LogP contribution is 2.33. The molecule has 1 aliphatic heterocycles. The Hall–Kier alpha value is -0.0900. The van der Waals surface area contributed by atoms with Crippen LogP contribution in [0.25, 0.3) is 0 Å². The maximum atomic E-state index is 10.6. The fraction of sp³-hybridized carbons (Fsp3) is 0.692. The topological polar surface area (TPSA) is 29.5 Å². The first-order valence-electron chi connectivity index (χ1n) is 6.19. The fourth-order valence-electron chi connectivity index (χ4n) is 2.44. The molecule has 0 spiro atoms. The lowest BCUT2D eigenvalue weighted by atomic mass is 9.85. The van der Waals surface area contributed by atoms with Gasteiger partial charge in [-0.25, -0.2) is 0 Å². The fourth-order valence-corrected chi connectivity index (χ4v) is 3.66. The lowest BCUT2D eigenvalue weighted by Gasteiger charge is -2.36. The average molecular weight is 275 g/mol. The van der Waals surface area contributed by atoms with Gasteiger partial charge in [0.1, 0.15) is 0 Å². The standard InChI is InChI=1S/C13H19ClO2S/c1-2-3-10-8-13(15,6-7-16-10)9-11-4-5-12(14)17-11/h4-5,10,15H,2-3,6-9H2,1H3. The normalized spacial score (nSPS) is 29.5. The Labute approximate surface area is 112 Å². The molecular weight excluding hydrogens is 256 g/mol. The first-order valence-corrected chi connectivity index (χ1v) is 7.39. The van der Waals surface area contributed by atoms with Gasteiger partial charge in [-0.3, -0.25) is 0 Å². The van der Waals surface area contributed by atoms with Crippen LogP contribution in [0.15, 0.2) is 12.1 Å². The number of ether oxygens (including phenoxy) is 1. The second kappa shape index (κ2) is 5.70. The second-order valence-electron chi connectivity index (χ2n) is 4.84. The number of halogens is 1. The number of hydrogen-bond acceptors (Lipinski definition) is 3. The summed E-state index contributed by atoms with van der Waals surface area (Å²) >= 11 is 7.47. The van der Waals surface area contributed by atoms with Gasteiger partial charge in [-0.05, 0) is 25.0 Å². The lowest BCUT2D eigenvalue weighted by molar-refractivity contribution is -0.104. The molecule has 1 aromatic rings. The van der Waals surface area contributed by atoms with Crippen molar-refractivity contribution in [3.63, 3.8) is 0 Å². The largest absolute Gasteiger partial charge is 0.389 e. The molecule has 2 heterocycles. The molecule has 0 bridgehead atoms. The zero-order chi connectivity index (χ0) is 12.3. The Bertz CT molecular complexity index is 364. The predicted octanol–water partition coefficient (Wildman–Crippen LogP) is 3.65. The minimum atomic E-state index is -0.605. The van der Waals surface area contributed by atoms with E-state index in [-0.39, 0.29) is 6.10 Å². The summed E-state index contributed by atoms with van der Waals surface area (Å²) in [6, 6.07) is 3.91. The minimum Gasteiger partial charge on any atom is -0.389 e. The number of aliphatic hydroxyl groups is 1. The molecule has 2 atom stereocenters. The second-order valence-corrected chi connectivity index (χ2v) is 6.64. The van der Waals surface area contributed by atoms with Gasteiger partial charge in [0, 0.05) is 24.3 Å². The third-order valence-corrected chi connectivity index (χ3v) is 4.50.